The average molecular weight is 217 g/mol. The molecule has 15 heavy (non-hydrogen) atoms. The van der Waals surface area contributed by atoms with Crippen LogP contribution in [-0.2, 0) is 0 Å². The van der Waals surface area contributed by atoms with Crippen LogP contribution in [0.2, 0.25) is 0 Å². The molecule has 3 rings (SSSR count). The number of imidazole rings is 1. The van der Waals surface area contributed by atoms with Gasteiger partial charge in [0, 0.05) is 12.4 Å². The smallest absolute Gasteiger partial charge is 0.246 e. The summed E-state index contributed by atoms with van der Waals surface area (Å²) in [4.78, 5) is 16.7. The summed E-state index contributed by atoms with van der Waals surface area (Å²) < 4.78 is 3.17. The molecule has 4 nitrogen and oxygen atoms in total. The highest BCUT2D eigenvalue weighted by Crippen LogP contribution is 2.11. The van der Waals surface area contributed by atoms with Crippen LogP contribution in [0.1, 0.15) is 0 Å². The molecule has 2 aromatic heterocycles. The third-order valence-electron chi connectivity index (χ3n) is 2.15. The molecule has 0 saturated carbocycles. The molecular weight excluding hydrogens is 210 g/mol. The second-order valence-electron chi connectivity index (χ2n) is 3.08. The van der Waals surface area contributed by atoms with Crippen LogP contribution in [0.15, 0.2) is 47.5 Å². The molecule has 0 radical (unpaired) electrons. The summed E-state index contributed by atoms with van der Waals surface area (Å²) in [5, 5.41) is 0. The number of hydrogen-bond donors (Lipinski definition) is 0. The maximum absolute atomic E-state index is 11.9. The van der Waals surface area contributed by atoms with Gasteiger partial charge in [0.15, 0.2) is 0 Å². The lowest BCUT2D eigenvalue weighted by Gasteiger charge is -1.96. The van der Waals surface area contributed by atoms with Gasteiger partial charge in [-0.2, -0.15) is 0 Å². The number of aromatic nitrogens is 3. The molecule has 3 aromatic rings. The minimum atomic E-state index is -0.0706. The molecular formula is C10H7N3OS. The second kappa shape index (κ2) is 3.06. The fraction of sp³-hybridized carbons (Fsp3) is 0. The average Bonchev–Trinajstić information content (AvgIpc) is 2.83. The maximum Gasteiger partial charge on any atom is 0.348 e. The molecule has 74 valence electrons. The molecule has 5 heteroatoms. The van der Waals surface area contributed by atoms with Gasteiger partial charge in [-0.25, -0.2) is 18.1 Å². The minimum Gasteiger partial charge on any atom is -0.246 e. The van der Waals surface area contributed by atoms with E-state index in [2.05, 4.69) is 4.98 Å². The summed E-state index contributed by atoms with van der Waals surface area (Å²) in [6, 6.07) is 9.54. The highest BCUT2D eigenvalue weighted by molar-refractivity contribution is 7.12. The van der Waals surface area contributed by atoms with Crippen LogP contribution in [-0.4, -0.2) is 13.3 Å². The Balaban J connectivity index is 2.32. The van der Waals surface area contributed by atoms with Crippen molar-refractivity contribution in [1.29, 1.82) is 0 Å². The molecule has 0 saturated heterocycles. The number of rotatable bonds is 1. The Bertz CT molecular complexity index is 650. The standard InChI is InChI=1S/C10H7N3OS/c14-10-12-7-6-11-9(12)15-13(10)8-4-2-1-3-5-8/h1-7H. The van der Waals surface area contributed by atoms with E-state index in [0.29, 0.717) is 4.96 Å². The first-order valence-corrected chi connectivity index (χ1v) is 5.24. The van der Waals surface area contributed by atoms with Crippen molar-refractivity contribution in [1.82, 2.24) is 13.3 Å². The molecule has 0 aliphatic heterocycles. The molecule has 0 fully saturated rings. The Kier molecular flexibility index (Phi) is 1.72. The maximum atomic E-state index is 11.9. The Morgan fingerprint density at radius 2 is 2.00 bits per heavy atom. The van der Waals surface area contributed by atoms with E-state index in [1.165, 1.54) is 15.9 Å². The predicted octanol–water partition coefficient (Wildman–Crippen LogP) is 1.55. The van der Waals surface area contributed by atoms with Crippen LogP contribution >= 0.6 is 11.5 Å². The summed E-state index contributed by atoms with van der Waals surface area (Å²) in [5.41, 5.74) is 0.803. The Morgan fingerprint density at radius 1 is 1.20 bits per heavy atom. The van der Waals surface area contributed by atoms with Crippen LogP contribution in [0.4, 0.5) is 0 Å². The second-order valence-corrected chi connectivity index (χ2v) is 4.00. The van der Waals surface area contributed by atoms with Crippen LogP contribution in [0.25, 0.3) is 10.6 Å². The van der Waals surface area contributed by atoms with Crippen molar-refractivity contribution in [2.75, 3.05) is 0 Å². The molecule has 0 bridgehead atoms. The van der Waals surface area contributed by atoms with Crippen molar-refractivity contribution >= 4 is 16.5 Å². The van der Waals surface area contributed by atoms with Crippen LogP contribution < -0.4 is 5.69 Å². The van der Waals surface area contributed by atoms with Gasteiger partial charge in [0.1, 0.15) is 0 Å². The van der Waals surface area contributed by atoms with Crippen LogP contribution in [0.5, 0.6) is 0 Å². The summed E-state index contributed by atoms with van der Waals surface area (Å²) in [6.07, 6.45) is 3.30. The van der Waals surface area contributed by atoms with Gasteiger partial charge in [0.05, 0.1) is 5.69 Å². The summed E-state index contributed by atoms with van der Waals surface area (Å²) in [5.74, 6) is 0. The van der Waals surface area contributed by atoms with Gasteiger partial charge >= 0.3 is 5.69 Å². The summed E-state index contributed by atoms with van der Waals surface area (Å²) in [7, 11) is 0. The largest absolute Gasteiger partial charge is 0.348 e. The van der Waals surface area contributed by atoms with E-state index in [-0.39, 0.29) is 5.69 Å². The quantitative estimate of drug-likeness (QED) is 0.620. The van der Waals surface area contributed by atoms with Crippen molar-refractivity contribution < 1.29 is 0 Å². The monoisotopic (exact) mass is 217 g/mol. The lowest BCUT2D eigenvalue weighted by Crippen LogP contribution is -2.16. The Morgan fingerprint density at radius 3 is 2.73 bits per heavy atom. The molecule has 0 N–H and O–H groups in total. The highest BCUT2D eigenvalue weighted by Gasteiger charge is 2.07. The first kappa shape index (κ1) is 8.43. The molecule has 0 aliphatic rings. The number of benzene rings is 1. The van der Waals surface area contributed by atoms with Crippen LogP contribution in [0.3, 0.4) is 0 Å². The molecule has 0 spiro atoms. The molecule has 0 atom stereocenters. The third-order valence-corrected chi connectivity index (χ3v) is 3.17. The fourth-order valence-corrected chi connectivity index (χ4v) is 2.34. The Labute approximate surface area is 89.2 Å². The minimum absolute atomic E-state index is 0.0706. The van der Waals surface area contributed by atoms with Gasteiger partial charge in [-0.3, -0.25) is 0 Å². The van der Waals surface area contributed by atoms with Crippen molar-refractivity contribution in [2.24, 2.45) is 0 Å². The van der Waals surface area contributed by atoms with Crippen molar-refractivity contribution in [3.05, 3.63) is 53.2 Å². The lowest BCUT2D eigenvalue weighted by molar-refractivity contribution is 0.987. The Hall–Kier alpha value is -1.88. The van der Waals surface area contributed by atoms with Gasteiger partial charge in [-0.15, -0.1) is 0 Å². The zero-order chi connectivity index (χ0) is 10.3. The molecule has 2 heterocycles. The van der Waals surface area contributed by atoms with E-state index in [4.69, 9.17) is 0 Å². The molecule has 0 amide bonds. The number of para-hydroxylation sites is 1. The number of hydrogen-bond acceptors (Lipinski definition) is 3. The van der Waals surface area contributed by atoms with E-state index in [9.17, 15) is 4.79 Å². The molecule has 1 aromatic carbocycles. The zero-order valence-electron chi connectivity index (χ0n) is 7.70. The van der Waals surface area contributed by atoms with Crippen molar-refractivity contribution in [2.45, 2.75) is 0 Å². The van der Waals surface area contributed by atoms with Gasteiger partial charge in [0.2, 0.25) is 4.96 Å². The van der Waals surface area contributed by atoms with Gasteiger partial charge in [0.25, 0.3) is 0 Å². The fourth-order valence-electron chi connectivity index (χ4n) is 1.45. The topological polar surface area (TPSA) is 39.3 Å². The lowest BCUT2D eigenvalue weighted by atomic mass is 10.3. The third kappa shape index (κ3) is 1.20. The van der Waals surface area contributed by atoms with Gasteiger partial charge in [-0.05, 0) is 23.7 Å². The molecule has 0 unspecified atom stereocenters. The first-order chi connectivity index (χ1) is 7.36. The van der Waals surface area contributed by atoms with Gasteiger partial charge in [-0.1, -0.05) is 18.2 Å². The van der Waals surface area contributed by atoms with Crippen molar-refractivity contribution in [3.8, 4) is 5.69 Å². The highest BCUT2D eigenvalue weighted by atomic mass is 32.1. The van der Waals surface area contributed by atoms with E-state index in [1.54, 1.807) is 16.4 Å². The first-order valence-electron chi connectivity index (χ1n) is 4.47. The normalized spacial score (nSPS) is 10.9. The van der Waals surface area contributed by atoms with Crippen LogP contribution in [0, 0.1) is 0 Å². The van der Waals surface area contributed by atoms with E-state index in [1.807, 2.05) is 30.3 Å². The van der Waals surface area contributed by atoms with E-state index in [0.717, 1.165) is 5.69 Å². The van der Waals surface area contributed by atoms with Crippen molar-refractivity contribution in [3.63, 3.8) is 0 Å². The van der Waals surface area contributed by atoms with E-state index < -0.39 is 0 Å². The number of fused-ring (bicyclic) bond motifs is 1. The number of nitrogens with zero attached hydrogens (tertiary/aromatic N) is 3. The predicted molar refractivity (Wildman–Crippen MR) is 58.7 cm³/mol. The van der Waals surface area contributed by atoms with E-state index >= 15 is 0 Å². The summed E-state index contributed by atoms with van der Waals surface area (Å²) in [6.45, 7) is 0. The molecule has 0 aliphatic carbocycles. The summed E-state index contributed by atoms with van der Waals surface area (Å²) >= 11 is 1.34. The zero-order valence-corrected chi connectivity index (χ0v) is 8.52. The SMILES string of the molecule is O=c1n(-c2ccccc2)sc2nccn12. The van der Waals surface area contributed by atoms with Gasteiger partial charge < -0.3 is 0 Å².